The molecule has 1 heterocycles. The fourth-order valence-corrected chi connectivity index (χ4v) is 2.78. The van der Waals surface area contributed by atoms with E-state index in [0.717, 1.165) is 16.7 Å². The van der Waals surface area contributed by atoms with Crippen LogP contribution in [0.3, 0.4) is 0 Å². The number of hydroxylamine groups is 2. The number of benzene rings is 2. The predicted molar refractivity (Wildman–Crippen MR) is 94.2 cm³/mol. The van der Waals surface area contributed by atoms with Gasteiger partial charge < -0.3 is 5.32 Å². The summed E-state index contributed by atoms with van der Waals surface area (Å²) in [6.45, 7) is 2.61. The van der Waals surface area contributed by atoms with Gasteiger partial charge in [0.15, 0.2) is 0 Å². The van der Waals surface area contributed by atoms with Crippen molar-refractivity contribution < 1.29 is 4.84 Å². The Kier molecular flexibility index (Phi) is 4.24. The van der Waals surface area contributed by atoms with E-state index in [9.17, 15) is 0 Å². The first-order valence-corrected chi connectivity index (χ1v) is 7.78. The molecular weight excluding hydrogens is 300 g/mol. The first-order valence-electron chi connectivity index (χ1n) is 7.78. The van der Waals surface area contributed by atoms with Crippen LogP contribution in [0.25, 0.3) is 11.1 Å². The van der Waals surface area contributed by atoms with Crippen LogP contribution in [0, 0.1) is 11.3 Å². The number of aliphatic imine (C=N–C) groups is 1. The molecule has 1 aliphatic heterocycles. The Morgan fingerprint density at radius 3 is 2.62 bits per heavy atom. The zero-order valence-electron chi connectivity index (χ0n) is 14.1. The number of nitriles is 1. The third-order valence-corrected chi connectivity index (χ3v) is 4.29. The van der Waals surface area contributed by atoms with Crippen molar-refractivity contribution in [2.24, 2.45) is 4.99 Å². The van der Waals surface area contributed by atoms with Gasteiger partial charge in [-0.3, -0.25) is 9.83 Å². The Labute approximate surface area is 142 Å². The van der Waals surface area contributed by atoms with E-state index in [1.54, 1.807) is 12.1 Å². The number of guanidine groups is 1. The maximum Gasteiger partial charge on any atom is 0.218 e. The monoisotopic (exact) mass is 320 g/mol. The molecule has 0 aliphatic carbocycles. The number of nitrogens with one attached hydrogen (secondary N) is 1. The molecule has 0 aromatic heterocycles. The first-order chi connectivity index (χ1) is 11.6. The molecule has 24 heavy (non-hydrogen) atoms. The summed E-state index contributed by atoms with van der Waals surface area (Å²) in [5.74, 6) is 0.701. The van der Waals surface area contributed by atoms with Crippen LogP contribution < -0.4 is 5.32 Å². The van der Waals surface area contributed by atoms with E-state index in [-0.39, 0.29) is 5.54 Å². The number of hydrogen-bond donors (Lipinski definition) is 1. The zero-order valence-corrected chi connectivity index (χ0v) is 14.1. The van der Waals surface area contributed by atoms with Gasteiger partial charge in [0.05, 0.1) is 17.2 Å². The summed E-state index contributed by atoms with van der Waals surface area (Å²) < 4.78 is 0. The minimum atomic E-state index is -0.357. The maximum absolute atomic E-state index is 8.93. The van der Waals surface area contributed by atoms with Gasteiger partial charge in [0, 0.05) is 14.1 Å². The van der Waals surface area contributed by atoms with Crippen molar-refractivity contribution in [3.63, 3.8) is 0 Å². The third kappa shape index (κ3) is 2.97. The molecular formula is C19H20N4O. The molecule has 1 atom stereocenters. The zero-order chi connectivity index (χ0) is 17.2. The van der Waals surface area contributed by atoms with Crippen LogP contribution in [-0.2, 0) is 10.4 Å². The Bertz CT molecular complexity index is 807. The highest BCUT2D eigenvalue weighted by molar-refractivity contribution is 5.80. The Morgan fingerprint density at radius 1 is 1.21 bits per heavy atom. The summed E-state index contributed by atoms with van der Waals surface area (Å²) in [6.07, 6.45) is 0. The lowest BCUT2D eigenvalue weighted by atomic mass is 9.90. The van der Waals surface area contributed by atoms with E-state index in [2.05, 4.69) is 41.5 Å². The van der Waals surface area contributed by atoms with Gasteiger partial charge in [-0.1, -0.05) is 30.3 Å². The molecule has 3 rings (SSSR count). The molecule has 0 saturated carbocycles. The smallest absolute Gasteiger partial charge is 0.218 e. The maximum atomic E-state index is 8.93. The van der Waals surface area contributed by atoms with E-state index < -0.39 is 0 Å². The Balaban J connectivity index is 1.94. The molecule has 2 aromatic carbocycles. The van der Waals surface area contributed by atoms with Crippen LogP contribution in [0.15, 0.2) is 53.5 Å². The van der Waals surface area contributed by atoms with Crippen LogP contribution in [0.4, 0.5) is 0 Å². The van der Waals surface area contributed by atoms with Gasteiger partial charge in [0.2, 0.25) is 5.96 Å². The van der Waals surface area contributed by atoms with Crippen LogP contribution in [-0.4, -0.2) is 31.7 Å². The second-order valence-corrected chi connectivity index (χ2v) is 6.05. The molecule has 1 fully saturated rings. The summed E-state index contributed by atoms with van der Waals surface area (Å²) in [7, 11) is 3.57. The number of hydrogen-bond acceptors (Lipinski definition) is 3. The third-order valence-electron chi connectivity index (χ3n) is 4.29. The fraction of sp³-hybridized carbons (Fsp3) is 0.263. The highest BCUT2D eigenvalue weighted by atomic mass is 16.7. The minimum Gasteiger partial charge on any atom is -0.343 e. The first kappa shape index (κ1) is 16.0. The molecule has 1 N–H and O–H groups in total. The van der Waals surface area contributed by atoms with Crippen molar-refractivity contribution in [3.05, 3.63) is 59.7 Å². The van der Waals surface area contributed by atoms with Crippen molar-refractivity contribution in [2.75, 3.05) is 20.7 Å². The van der Waals surface area contributed by atoms with Gasteiger partial charge in [0.1, 0.15) is 6.61 Å². The van der Waals surface area contributed by atoms with Crippen molar-refractivity contribution in [1.29, 1.82) is 5.26 Å². The molecule has 1 aliphatic rings. The Hall–Kier alpha value is -2.84. The van der Waals surface area contributed by atoms with Crippen molar-refractivity contribution >= 4 is 5.96 Å². The van der Waals surface area contributed by atoms with Crippen molar-refractivity contribution in [2.45, 2.75) is 12.5 Å². The van der Waals surface area contributed by atoms with E-state index in [4.69, 9.17) is 10.1 Å². The summed E-state index contributed by atoms with van der Waals surface area (Å²) >= 11 is 0. The second kappa shape index (κ2) is 6.34. The largest absolute Gasteiger partial charge is 0.343 e. The molecule has 2 aromatic rings. The average molecular weight is 320 g/mol. The molecule has 122 valence electrons. The average Bonchev–Trinajstić information content (AvgIpc) is 2.64. The van der Waals surface area contributed by atoms with E-state index in [0.29, 0.717) is 18.1 Å². The summed E-state index contributed by atoms with van der Waals surface area (Å²) in [4.78, 5) is 9.96. The van der Waals surface area contributed by atoms with Crippen molar-refractivity contribution in [3.8, 4) is 17.2 Å². The second-order valence-electron chi connectivity index (χ2n) is 6.05. The topological polar surface area (TPSA) is 60.6 Å². The van der Waals surface area contributed by atoms with E-state index in [1.807, 2.05) is 37.4 Å². The van der Waals surface area contributed by atoms with Gasteiger partial charge in [-0.15, -0.1) is 0 Å². The number of nitrogens with zero attached hydrogens (tertiary/aromatic N) is 3. The molecule has 5 heteroatoms. The summed E-state index contributed by atoms with van der Waals surface area (Å²) in [6, 6.07) is 18.1. The lowest BCUT2D eigenvalue weighted by molar-refractivity contribution is -0.126. The highest BCUT2D eigenvalue weighted by Crippen LogP contribution is 2.29. The van der Waals surface area contributed by atoms with Crippen LogP contribution in [0.2, 0.25) is 0 Å². The van der Waals surface area contributed by atoms with Gasteiger partial charge in [-0.25, -0.2) is 5.06 Å². The van der Waals surface area contributed by atoms with Gasteiger partial charge >= 0.3 is 0 Å². The standard InChI is InChI=1S/C19H20N4O/c1-19(13-24-23(3)18(21-2)22-19)17-6-4-5-16(11-17)15-9-7-14(12-20)8-10-15/h4-11H,13H2,1-3H3,(H,21,22). The van der Waals surface area contributed by atoms with Crippen LogP contribution >= 0.6 is 0 Å². The molecule has 1 saturated heterocycles. The normalized spacial score (nSPS) is 22.1. The molecule has 0 bridgehead atoms. The van der Waals surface area contributed by atoms with Crippen molar-refractivity contribution in [1.82, 2.24) is 10.4 Å². The van der Waals surface area contributed by atoms with Crippen LogP contribution in [0.1, 0.15) is 18.1 Å². The minimum absolute atomic E-state index is 0.357. The summed E-state index contributed by atoms with van der Waals surface area (Å²) in [5, 5.41) is 14.0. The van der Waals surface area contributed by atoms with Gasteiger partial charge in [0.25, 0.3) is 0 Å². The Morgan fingerprint density at radius 2 is 1.96 bits per heavy atom. The molecule has 1 unspecified atom stereocenters. The predicted octanol–water partition coefficient (Wildman–Crippen LogP) is 2.89. The van der Waals surface area contributed by atoms with Crippen LogP contribution in [0.5, 0.6) is 0 Å². The van der Waals surface area contributed by atoms with E-state index >= 15 is 0 Å². The summed E-state index contributed by atoms with van der Waals surface area (Å²) in [5.41, 5.74) is 3.62. The van der Waals surface area contributed by atoms with Gasteiger partial charge in [-0.2, -0.15) is 5.26 Å². The SMILES string of the molecule is CN=C1NC(C)(c2cccc(-c3ccc(C#N)cc3)c2)CON1C. The molecule has 0 spiro atoms. The fourth-order valence-electron chi connectivity index (χ4n) is 2.78. The molecule has 0 radical (unpaired) electrons. The van der Waals surface area contributed by atoms with Gasteiger partial charge in [-0.05, 0) is 41.8 Å². The highest BCUT2D eigenvalue weighted by Gasteiger charge is 2.34. The molecule has 0 amide bonds. The van der Waals surface area contributed by atoms with E-state index in [1.165, 1.54) is 0 Å². The molecule has 5 nitrogen and oxygen atoms in total. The lowest BCUT2D eigenvalue weighted by Gasteiger charge is -2.40. The lowest BCUT2D eigenvalue weighted by Crippen LogP contribution is -2.58. The quantitative estimate of drug-likeness (QED) is 0.924. The number of rotatable bonds is 2.